The van der Waals surface area contributed by atoms with E-state index in [0.717, 1.165) is 0 Å². The van der Waals surface area contributed by atoms with Crippen LogP contribution < -0.4 is 5.32 Å². The highest BCUT2D eigenvalue weighted by Gasteiger charge is 2.15. The molecule has 0 bridgehead atoms. The Bertz CT molecular complexity index is 866. The predicted octanol–water partition coefficient (Wildman–Crippen LogP) is 2.52. The van der Waals surface area contributed by atoms with Gasteiger partial charge in [0.05, 0.1) is 23.4 Å². The number of furan rings is 1. The number of aryl methyl sites for hydroxylation is 1. The van der Waals surface area contributed by atoms with Gasteiger partial charge < -0.3 is 9.73 Å². The molecule has 0 spiro atoms. The van der Waals surface area contributed by atoms with Crippen LogP contribution in [0.3, 0.4) is 0 Å². The van der Waals surface area contributed by atoms with E-state index in [9.17, 15) is 14.9 Å². The maximum absolute atomic E-state index is 12.2. The molecule has 0 unspecified atom stereocenters. The summed E-state index contributed by atoms with van der Waals surface area (Å²) in [5.41, 5.74) is 1.65. The summed E-state index contributed by atoms with van der Waals surface area (Å²) in [5.74, 6) is 0.371. The number of nitro groups is 1. The smallest absolute Gasteiger partial charge is 0.269 e. The molecule has 0 saturated carbocycles. The molecule has 8 heteroatoms. The standard InChI is InChI=1S/C16H14N4O4/c1-19-15(16(21)17-10-13-3-2-8-24-13)9-14(18-19)11-4-6-12(7-5-11)20(22)23/h2-9H,10H2,1H3,(H,17,21). The normalized spacial score (nSPS) is 10.5. The number of aromatic nitrogens is 2. The maximum Gasteiger partial charge on any atom is 0.269 e. The van der Waals surface area contributed by atoms with E-state index >= 15 is 0 Å². The largest absolute Gasteiger partial charge is 0.467 e. The van der Waals surface area contributed by atoms with E-state index < -0.39 is 4.92 Å². The molecule has 1 aromatic carbocycles. The minimum Gasteiger partial charge on any atom is -0.467 e. The zero-order valence-corrected chi connectivity index (χ0v) is 12.8. The monoisotopic (exact) mass is 326 g/mol. The van der Waals surface area contributed by atoms with Gasteiger partial charge in [0.15, 0.2) is 0 Å². The lowest BCUT2D eigenvalue weighted by Gasteiger charge is -2.02. The molecular weight excluding hydrogens is 312 g/mol. The van der Waals surface area contributed by atoms with E-state index in [-0.39, 0.29) is 18.1 Å². The van der Waals surface area contributed by atoms with Crippen molar-refractivity contribution in [2.75, 3.05) is 0 Å². The minimum atomic E-state index is -0.463. The van der Waals surface area contributed by atoms with Crippen LogP contribution >= 0.6 is 0 Å². The summed E-state index contributed by atoms with van der Waals surface area (Å²) < 4.78 is 6.63. The second-order valence-corrected chi connectivity index (χ2v) is 5.10. The summed E-state index contributed by atoms with van der Waals surface area (Å²) in [6, 6.07) is 11.2. The van der Waals surface area contributed by atoms with Crippen molar-refractivity contribution >= 4 is 11.6 Å². The third-order valence-corrected chi connectivity index (χ3v) is 3.49. The summed E-state index contributed by atoms with van der Waals surface area (Å²) in [4.78, 5) is 22.5. The Balaban J connectivity index is 1.76. The highest BCUT2D eigenvalue weighted by molar-refractivity contribution is 5.93. The van der Waals surface area contributed by atoms with E-state index in [1.807, 2.05) is 0 Å². The Kier molecular flexibility index (Phi) is 4.11. The van der Waals surface area contributed by atoms with Gasteiger partial charge in [-0.2, -0.15) is 5.10 Å². The third-order valence-electron chi connectivity index (χ3n) is 3.49. The molecule has 24 heavy (non-hydrogen) atoms. The molecule has 3 rings (SSSR count). The number of hydrogen-bond acceptors (Lipinski definition) is 5. The number of nitrogens with zero attached hydrogens (tertiary/aromatic N) is 3. The molecule has 0 aliphatic rings. The van der Waals surface area contributed by atoms with Gasteiger partial charge in [-0.15, -0.1) is 0 Å². The van der Waals surface area contributed by atoms with Gasteiger partial charge in [0.25, 0.3) is 11.6 Å². The second-order valence-electron chi connectivity index (χ2n) is 5.10. The number of nitrogens with one attached hydrogen (secondary N) is 1. The molecule has 0 radical (unpaired) electrons. The van der Waals surface area contributed by atoms with E-state index in [4.69, 9.17) is 4.42 Å². The first-order valence-electron chi connectivity index (χ1n) is 7.14. The Morgan fingerprint density at radius 3 is 2.71 bits per heavy atom. The third kappa shape index (κ3) is 3.17. The molecule has 0 atom stereocenters. The highest BCUT2D eigenvalue weighted by atomic mass is 16.6. The van der Waals surface area contributed by atoms with Crippen molar-refractivity contribution in [3.05, 3.63) is 70.3 Å². The zero-order valence-electron chi connectivity index (χ0n) is 12.8. The zero-order chi connectivity index (χ0) is 17.1. The Morgan fingerprint density at radius 1 is 1.33 bits per heavy atom. The van der Waals surface area contributed by atoms with Crippen molar-refractivity contribution in [1.82, 2.24) is 15.1 Å². The summed E-state index contributed by atoms with van der Waals surface area (Å²) in [6.07, 6.45) is 1.54. The molecule has 8 nitrogen and oxygen atoms in total. The van der Waals surface area contributed by atoms with E-state index in [1.165, 1.54) is 23.1 Å². The number of amides is 1. The average Bonchev–Trinajstić information content (AvgIpc) is 3.22. The maximum atomic E-state index is 12.2. The fourth-order valence-electron chi connectivity index (χ4n) is 2.25. The van der Waals surface area contributed by atoms with Crippen molar-refractivity contribution in [2.24, 2.45) is 7.05 Å². The second kappa shape index (κ2) is 6.37. The molecule has 0 saturated heterocycles. The average molecular weight is 326 g/mol. The van der Waals surface area contributed by atoms with Gasteiger partial charge >= 0.3 is 0 Å². The van der Waals surface area contributed by atoms with Gasteiger partial charge in [-0.25, -0.2) is 0 Å². The lowest BCUT2D eigenvalue weighted by molar-refractivity contribution is -0.384. The van der Waals surface area contributed by atoms with Crippen LogP contribution in [0.4, 0.5) is 5.69 Å². The molecule has 1 N–H and O–H groups in total. The molecule has 2 aromatic heterocycles. The Morgan fingerprint density at radius 2 is 2.08 bits per heavy atom. The van der Waals surface area contributed by atoms with Gasteiger partial charge in [-0.1, -0.05) is 0 Å². The van der Waals surface area contributed by atoms with Crippen LogP contribution in [-0.4, -0.2) is 20.6 Å². The van der Waals surface area contributed by atoms with Crippen LogP contribution in [0.5, 0.6) is 0 Å². The first kappa shape index (κ1) is 15.5. The van der Waals surface area contributed by atoms with E-state index in [2.05, 4.69) is 10.4 Å². The lowest BCUT2D eigenvalue weighted by atomic mass is 10.1. The van der Waals surface area contributed by atoms with Gasteiger partial charge in [0, 0.05) is 24.7 Å². The number of nitro benzene ring substituents is 1. The number of carbonyl (C=O) groups excluding carboxylic acids is 1. The van der Waals surface area contributed by atoms with Crippen LogP contribution in [0.1, 0.15) is 16.2 Å². The molecule has 0 fully saturated rings. The van der Waals surface area contributed by atoms with Crippen molar-refractivity contribution < 1.29 is 14.1 Å². The van der Waals surface area contributed by atoms with Crippen molar-refractivity contribution in [3.63, 3.8) is 0 Å². The first-order chi connectivity index (χ1) is 11.5. The van der Waals surface area contributed by atoms with Crippen LogP contribution in [0.25, 0.3) is 11.3 Å². The number of hydrogen-bond donors (Lipinski definition) is 1. The van der Waals surface area contributed by atoms with Gasteiger partial charge in [-0.3, -0.25) is 19.6 Å². The topological polar surface area (TPSA) is 103 Å². The fraction of sp³-hybridized carbons (Fsp3) is 0.125. The summed E-state index contributed by atoms with van der Waals surface area (Å²) in [6.45, 7) is 0.282. The molecule has 0 aliphatic heterocycles. The van der Waals surface area contributed by atoms with Crippen LogP contribution in [0.2, 0.25) is 0 Å². The molecule has 3 aromatic rings. The van der Waals surface area contributed by atoms with Crippen LogP contribution in [0.15, 0.2) is 53.1 Å². The molecule has 1 amide bonds. The van der Waals surface area contributed by atoms with E-state index in [0.29, 0.717) is 22.7 Å². The number of non-ortho nitro benzene ring substituents is 1. The fourth-order valence-corrected chi connectivity index (χ4v) is 2.25. The molecule has 2 heterocycles. The quantitative estimate of drug-likeness (QED) is 0.573. The molecule has 0 aliphatic carbocycles. The molecule has 122 valence electrons. The number of rotatable bonds is 5. The SMILES string of the molecule is Cn1nc(-c2ccc([N+](=O)[O-])cc2)cc1C(=O)NCc1ccco1. The van der Waals surface area contributed by atoms with Gasteiger partial charge in [0.2, 0.25) is 0 Å². The predicted molar refractivity (Wildman–Crippen MR) is 85.2 cm³/mol. The van der Waals surface area contributed by atoms with Gasteiger partial charge in [-0.05, 0) is 30.3 Å². The Labute approximate surface area is 136 Å². The first-order valence-corrected chi connectivity index (χ1v) is 7.14. The summed E-state index contributed by atoms with van der Waals surface area (Å²) in [7, 11) is 1.66. The molecular formula is C16H14N4O4. The number of carbonyl (C=O) groups is 1. The minimum absolute atomic E-state index is 0.00564. The summed E-state index contributed by atoms with van der Waals surface area (Å²) >= 11 is 0. The van der Waals surface area contributed by atoms with Gasteiger partial charge in [0.1, 0.15) is 11.5 Å². The highest BCUT2D eigenvalue weighted by Crippen LogP contribution is 2.22. The lowest BCUT2D eigenvalue weighted by Crippen LogP contribution is -2.24. The Hall–Kier alpha value is -3.42. The summed E-state index contributed by atoms with van der Waals surface area (Å²) in [5, 5.41) is 17.7. The van der Waals surface area contributed by atoms with E-state index in [1.54, 1.807) is 37.4 Å². The van der Waals surface area contributed by atoms with Crippen LogP contribution in [0, 0.1) is 10.1 Å². The van der Waals surface area contributed by atoms with Crippen molar-refractivity contribution in [1.29, 1.82) is 0 Å². The van der Waals surface area contributed by atoms with Crippen molar-refractivity contribution in [3.8, 4) is 11.3 Å². The number of benzene rings is 1. The van der Waals surface area contributed by atoms with Crippen LogP contribution in [-0.2, 0) is 13.6 Å². The van der Waals surface area contributed by atoms with Crippen molar-refractivity contribution in [2.45, 2.75) is 6.54 Å².